The van der Waals surface area contributed by atoms with Gasteiger partial charge in [-0.2, -0.15) is 0 Å². The van der Waals surface area contributed by atoms with Crippen LogP contribution >= 0.6 is 11.8 Å². The second-order valence-corrected chi connectivity index (χ2v) is 7.21. The van der Waals surface area contributed by atoms with Crippen molar-refractivity contribution in [3.8, 4) is 5.75 Å². The molecule has 3 rings (SSSR count). The molecule has 0 radical (unpaired) electrons. The third-order valence-corrected chi connectivity index (χ3v) is 5.24. The van der Waals surface area contributed by atoms with Crippen LogP contribution < -0.4 is 15.0 Å². The number of fused-ring (bicyclic) bond motifs is 1. The average molecular weight is 370 g/mol. The van der Waals surface area contributed by atoms with Crippen molar-refractivity contribution in [2.24, 2.45) is 0 Å². The van der Waals surface area contributed by atoms with Crippen LogP contribution in [-0.4, -0.2) is 30.7 Å². The van der Waals surface area contributed by atoms with Gasteiger partial charge < -0.3 is 15.0 Å². The predicted molar refractivity (Wildman–Crippen MR) is 106 cm³/mol. The molecule has 1 aliphatic rings. The number of carbonyl (C=O) groups is 2. The van der Waals surface area contributed by atoms with Gasteiger partial charge in [-0.15, -0.1) is 11.8 Å². The van der Waals surface area contributed by atoms with Crippen molar-refractivity contribution < 1.29 is 14.3 Å². The Morgan fingerprint density at radius 1 is 1.27 bits per heavy atom. The molecule has 2 aromatic rings. The van der Waals surface area contributed by atoms with E-state index in [1.54, 1.807) is 23.8 Å². The van der Waals surface area contributed by atoms with Crippen LogP contribution in [0.3, 0.4) is 0 Å². The van der Waals surface area contributed by atoms with E-state index in [1.807, 2.05) is 55.5 Å². The number of anilines is 2. The van der Waals surface area contributed by atoms with Crippen molar-refractivity contribution in [1.82, 2.24) is 0 Å². The molecule has 136 valence electrons. The van der Waals surface area contributed by atoms with E-state index in [-0.39, 0.29) is 17.9 Å². The van der Waals surface area contributed by atoms with Crippen LogP contribution in [0.1, 0.15) is 18.9 Å². The zero-order chi connectivity index (χ0) is 18.5. The summed E-state index contributed by atoms with van der Waals surface area (Å²) in [6, 6.07) is 15.1. The van der Waals surface area contributed by atoms with Crippen molar-refractivity contribution in [1.29, 1.82) is 0 Å². The number of nitrogens with one attached hydrogen (secondary N) is 1. The molecule has 2 aromatic carbocycles. The molecule has 0 aromatic heterocycles. The fraction of sp³-hybridized carbons (Fsp3) is 0.300. The maximum Gasteiger partial charge on any atom is 0.237 e. The van der Waals surface area contributed by atoms with Crippen molar-refractivity contribution in [3.05, 3.63) is 54.1 Å². The molecule has 1 heterocycles. The van der Waals surface area contributed by atoms with Crippen molar-refractivity contribution in [2.45, 2.75) is 25.1 Å². The number of rotatable bonds is 5. The maximum atomic E-state index is 12.9. The third kappa shape index (κ3) is 4.19. The minimum absolute atomic E-state index is 0.00865. The lowest BCUT2D eigenvalue weighted by atomic mass is 10.2. The Kier molecular flexibility index (Phi) is 5.83. The number of amides is 2. The van der Waals surface area contributed by atoms with Crippen LogP contribution in [0.4, 0.5) is 11.4 Å². The Balaban J connectivity index is 1.69. The van der Waals surface area contributed by atoms with Gasteiger partial charge in [-0.3, -0.25) is 9.59 Å². The Labute approximate surface area is 157 Å². The summed E-state index contributed by atoms with van der Waals surface area (Å²) in [6.45, 7) is 1.91. The minimum atomic E-state index is -0.177. The van der Waals surface area contributed by atoms with Gasteiger partial charge in [-0.25, -0.2) is 0 Å². The van der Waals surface area contributed by atoms with Gasteiger partial charge in [-0.05, 0) is 36.8 Å². The van der Waals surface area contributed by atoms with E-state index in [9.17, 15) is 9.59 Å². The van der Waals surface area contributed by atoms with Gasteiger partial charge in [0.1, 0.15) is 5.75 Å². The summed E-state index contributed by atoms with van der Waals surface area (Å²) in [6.07, 6.45) is 0.293. The first-order valence-electron chi connectivity index (χ1n) is 8.50. The molecule has 0 saturated heterocycles. The first kappa shape index (κ1) is 18.3. The molecule has 1 aliphatic heterocycles. The molecular weight excluding hydrogens is 348 g/mol. The lowest BCUT2D eigenvalue weighted by Gasteiger charge is -2.27. The topological polar surface area (TPSA) is 58.6 Å². The van der Waals surface area contributed by atoms with E-state index in [1.165, 1.54) is 0 Å². The van der Waals surface area contributed by atoms with E-state index >= 15 is 0 Å². The highest BCUT2D eigenvalue weighted by Crippen LogP contribution is 2.32. The van der Waals surface area contributed by atoms with Gasteiger partial charge in [0, 0.05) is 18.2 Å². The molecule has 1 unspecified atom stereocenters. The first-order chi connectivity index (χ1) is 12.6. The van der Waals surface area contributed by atoms with Crippen LogP contribution in [0.2, 0.25) is 0 Å². The number of para-hydroxylation sites is 2. The summed E-state index contributed by atoms with van der Waals surface area (Å²) in [5, 5.41) is 2.88. The molecule has 2 amide bonds. The van der Waals surface area contributed by atoms with E-state index < -0.39 is 0 Å². The highest BCUT2D eigenvalue weighted by atomic mass is 32.2. The SMILES string of the molecule is COc1cccc(CSCC(=O)N2c3ccccc3NC(=O)CC2C)c1. The number of methoxy groups -OCH3 is 1. The second kappa shape index (κ2) is 8.27. The number of ether oxygens (including phenoxy) is 1. The van der Waals surface area contributed by atoms with Crippen molar-refractivity contribution >= 4 is 35.0 Å². The fourth-order valence-electron chi connectivity index (χ4n) is 3.06. The normalized spacial score (nSPS) is 16.5. The van der Waals surface area contributed by atoms with Crippen LogP contribution in [0.15, 0.2) is 48.5 Å². The van der Waals surface area contributed by atoms with E-state index in [2.05, 4.69) is 5.32 Å². The molecule has 0 saturated carbocycles. The number of carbonyl (C=O) groups excluding carboxylic acids is 2. The highest BCUT2D eigenvalue weighted by Gasteiger charge is 2.29. The van der Waals surface area contributed by atoms with Gasteiger partial charge in [0.2, 0.25) is 11.8 Å². The Morgan fingerprint density at radius 3 is 2.88 bits per heavy atom. The maximum absolute atomic E-state index is 12.9. The quantitative estimate of drug-likeness (QED) is 0.872. The minimum Gasteiger partial charge on any atom is -0.497 e. The molecule has 1 atom stereocenters. The Hall–Kier alpha value is -2.47. The highest BCUT2D eigenvalue weighted by molar-refractivity contribution is 7.99. The summed E-state index contributed by atoms with van der Waals surface area (Å²) in [4.78, 5) is 26.6. The lowest BCUT2D eigenvalue weighted by Crippen LogP contribution is -2.40. The molecule has 1 N–H and O–H groups in total. The molecule has 0 spiro atoms. The number of hydrogen-bond donors (Lipinski definition) is 1. The molecule has 0 bridgehead atoms. The van der Waals surface area contributed by atoms with E-state index in [0.717, 1.165) is 22.8 Å². The van der Waals surface area contributed by atoms with Gasteiger partial charge in [0.25, 0.3) is 0 Å². The lowest BCUT2D eigenvalue weighted by molar-refractivity contribution is -0.117. The van der Waals surface area contributed by atoms with Crippen molar-refractivity contribution in [2.75, 3.05) is 23.1 Å². The monoisotopic (exact) mass is 370 g/mol. The summed E-state index contributed by atoms with van der Waals surface area (Å²) >= 11 is 1.56. The molecule has 26 heavy (non-hydrogen) atoms. The number of hydrogen-bond acceptors (Lipinski definition) is 4. The van der Waals surface area contributed by atoms with Gasteiger partial charge in [0.15, 0.2) is 0 Å². The second-order valence-electron chi connectivity index (χ2n) is 6.23. The molecule has 0 fully saturated rings. The van der Waals surface area contributed by atoms with Crippen molar-refractivity contribution in [3.63, 3.8) is 0 Å². The largest absolute Gasteiger partial charge is 0.497 e. The number of benzene rings is 2. The smallest absolute Gasteiger partial charge is 0.237 e. The molecule has 0 aliphatic carbocycles. The standard InChI is InChI=1S/C20H22N2O3S/c1-14-10-19(23)21-17-8-3-4-9-18(17)22(14)20(24)13-26-12-15-6-5-7-16(11-15)25-2/h3-9,11,14H,10,12-13H2,1-2H3,(H,21,23). The zero-order valence-electron chi connectivity index (χ0n) is 14.9. The number of nitrogens with zero attached hydrogens (tertiary/aromatic N) is 1. The summed E-state index contributed by atoms with van der Waals surface area (Å²) in [7, 11) is 1.64. The predicted octanol–water partition coefficient (Wildman–Crippen LogP) is 3.69. The summed E-state index contributed by atoms with van der Waals surface area (Å²) in [5.74, 6) is 1.83. The Bertz CT molecular complexity index is 809. The summed E-state index contributed by atoms with van der Waals surface area (Å²) < 4.78 is 5.23. The van der Waals surface area contributed by atoms with Crippen LogP contribution in [0, 0.1) is 0 Å². The third-order valence-electron chi connectivity index (χ3n) is 4.26. The zero-order valence-corrected chi connectivity index (χ0v) is 15.7. The van der Waals surface area contributed by atoms with Crippen LogP contribution in [-0.2, 0) is 15.3 Å². The first-order valence-corrected chi connectivity index (χ1v) is 9.65. The van der Waals surface area contributed by atoms with Gasteiger partial charge >= 0.3 is 0 Å². The molecular formula is C20H22N2O3S. The number of thioether (sulfide) groups is 1. The summed E-state index contributed by atoms with van der Waals surface area (Å²) in [5.41, 5.74) is 2.56. The molecule has 5 nitrogen and oxygen atoms in total. The molecule has 6 heteroatoms. The van der Waals surface area contributed by atoms with Gasteiger partial charge in [0.05, 0.1) is 24.2 Å². The van der Waals surface area contributed by atoms with Crippen LogP contribution in [0.5, 0.6) is 5.75 Å². The average Bonchev–Trinajstić information content (AvgIpc) is 2.76. The van der Waals surface area contributed by atoms with E-state index in [0.29, 0.717) is 17.9 Å². The van der Waals surface area contributed by atoms with Gasteiger partial charge in [-0.1, -0.05) is 24.3 Å². The van der Waals surface area contributed by atoms with Crippen LogP contribution in [0.25, 0.3) is 0 Å². The fourth-order valence-corrected chi connectivity index (χ4v) is 3.89. The Morgan fingerprint density at radius 2 is 2.08 bits per heavy atom. The van der Waals surface area contributed by atoms with E-state index in [4.69, 9.17) is 4.74 Å².